The first kappa shape index (κ1) is 14.3. The molecule has 19 heavy (non-hydrogen) atoms. The largest absolute Gasteiger partial charge is 1.00 e. The van der Waals surface area contributed by atoms with Gasteiger partial charge in [0.15, 0.2) is 0 Å². The summed E-state index contributed by atoms with van der Waals surface area (Å²) < 4.78 is 19.9. The van der Waals surface area contributed by atoms with Crippen LogP contribution in [0.2, 0.25) is 0 Å². The monoisotopic (exact) mass is 390 g/mol. The van der Waals surface area contributed by atoms with E-state index in [1.54, 1.807) is 12.1 Å². The molecule has 0 N–H and O–H groups in total. The molecule has 1 nitrogen and oxygen atoms in total. The minimum Gasteiger partial charge on any atom is -1.00 e. The van der Waals surface area contributed by atoms with E-state index in [0.717, 1.165) is 11.3 Å². The van der Waals surface area contributed by atoms with Crippen molar-refractivity contribution in [3.8, 4) is 20.5 Å². The molecule has 3 rings (SSSR count). The van der Waals surface area contributed by atoms with Gasteiger partial charge in [-0.05, 0) is 0 Å². The molecule has 0 radical (unpaired) electrons. The molecule has 0 unspecified atom stereocenters. The van der Waals surface area contributed by atoms with Crippen LogP contribution in [-0.4, -0.2) is 20.9 Å². The summed E-state index contributed by atoms with van der Waals surface area (Å²) in [5, 5.41) is 0. The summed E-state index contributed by atoms with van der Waals surface area (Å²) in [6, 6.07) is 18.7. The molecule has 3 aromatic rings. The van der Waals surface area contributed by atoms with Crippen LogP contribution in [0.5, 0.6) is 0 Å². The second-order valence-corrected chi connectivity index (χ2v) is 6.12. The Labute approximate surface area is 127 Å². The van der Waals surface area contributed by atoms with Crippen LogP contribution in [-0.2, 0) is 0 Å². The fourth-order valence-corrected chi connectivity index (χ4v) is 3.77. The zero-order valence-corrected chi connectivity index (χ0v) is 12.9. The Morgan fingerprint density at radius 2 is 1.53 bits per heavy atom. The average molecular weight is 388 g/mol. The van der Waals surface area contributed by atoms with Crippen LogP contribution in [0.3, 0.4) is 0 Å². The molecule has 1 aromatic heterocycles. The predicted octanol–water partition coefficient (Wildman–Crippen LogP) is 1.09. The van der Waals surface area contributed by atoms with Crippen LogP contribution >= 0.6 is 0 Å². The molecule has 2 aromatic carbocycles. The molecule has 0 bridgehead atoms. The smallest absolute Gasteiger partial charge is 1.00 e. The zero-order chi connectivity index (χ0) is 12.4. The van der Waals surface area contributed by atoms with E-state index >= 15 is 0 Å². The fraction of sp³-hybridized carbons (Fsp3) is 0. The number of hydrogen-bond acceptors (Lipinski definition) is 0. The van der Waals surface area contributed by atoms with E-state index in [2.05, 4.69) is 18.2 Å². The van der Waals surface area contributed by atoms with Gasteiger partial charge in [0, 0.05) is 0 Å². The first-order chi connectivity index (χ1) is 8.83. The van der Waals surface area contributed by atoms with Gasteiger partial charge in [0.2, 0.25) is 0 Å². The summed E-state index contributed by atoms with van der Waals surface area (Å²) in [5.41, 5.74) is 2.16. The van der Waals surface area contributed by atoms with Crippen molar-refractivity contribution in [2.45, 2.75) is 0 Å². The van der Waals surface area contributed by atoms with Crippen molar-refractivity contribution >= 4 is 20.9 Å². The summed E-state index contributed by atoms with van der Waals surface area (Å²) in [4.78, 5) is 0. The van der Waals surface area contributed by atoms with E-state index in [1.165, 1.54) is 21.3 Å². The van der Waals surface area contributed by atoms with Gasteiger partial charge in [0.1, 0.15) is 0 Å². The van der Waals surface area contributed by atoms with Crippen molar-refractivity contribution in [2.24, 2.45) is 0 Å². The van der Waals surface area contributed by atoms with Crippen LogP contribution in [0.15, 0.2) is 63.4 Å². The molecule has 0 atom stereocenters. The van der Waals surface area contributed by atoms with E-state index in [-0.39, 0.29) is 18.2 Å². The molecule has 0 saturated heterocycles. The number of rotatable bonds is 2. The van der Waals surface area contributed by atoms with Gasteiger partial charge in [-0.3, -0.25) is 0 Å². The van der Waals surface area contributed by atoms with Crippen LogP contribution in [0.4, 0.5) is 4.39 Å². The van der Waals surface area contributed by atoms with E-state index in [1.807, 2.05) is 18.2 Å². The van der Waals surface area contributed by atoms with Gasteiger partial charge < -0.3 is 12.4 Å². The molecule has 4 heteroatoms. The summed E-state index contributed by atoms with van der Waals surface area (Å²) in [6.07, 6.45) is 0. The molecular weight excluding hydrogens is 378 g/mol. The molecule has 0 amide bonds. The van der Waals surface area contributed by atoms with Crippen LogP contribution < -0.4 is 12.4 Å². The molecule has 0 spiro atoms. The molecule has 0 fully saturated rings. The van der Waals surface area contributed by atoms with Gasteiger partial charge >= 0.3 is 115 Å². The van der Waals surface area contributed by atoms with Crippen LogP contribution in [0, 0.1) is 5.82 Å². The van der Waals surface area contributed by atoms with E-state index in [0.29, 0.717) is 0 Å². The maximum absolute atomic E-state index is 12.9. The standard InChI is InChI=1S/C15H10FOTe.ClH/c16-13-8-6-11(7-9-13)14-10-15(18-17-14)12-4-2-1-3-5-12;/h1-10H;1H/q+1;/p-1. The Balaban J connectivity index is 0.00000133. The predicted molar refractivity (Wildman–Crippen MR) is 70.9 cm³/mol. The first-order valence-corrected chi connectivity index (χ1v) is 7.69. The Morgan fingerprint density at radius 1 is 0.842 bits per heavy atom. The molecule has 0 aliphatic carbocycles. The van der Waals surface area contributed by atoms with Gasteiger partial charge in [-0.25, -0.2) is 0 Å². The van der Waals surface area contributed by atoms with Gasteiger partial charge in [-0.1, -0.05) is 0 Å². The van der Waals surface area contributed by atoms with Gasteiger partial charge in [-0.2, -0.15) is 0 Å². The van der Waals surface area contributed by atoms with Crippen LogP contribution in [0.1, 0.15) is 0 Å². The SMILES string of the molecule is Fc1ccc(-c2cc(-c3ccccc3)[te][o+]2)cc1.[Cl-]. The second kappa shape index (κ2) is 6.34. The molecule has 96 valence electrons. The number of benzene rings is 2. The topological polar surface area (TPSA) is 11.3 Å². The molecule has 0 aliphatic heterocycles. The van der Waals surface area contributed by atoms with Crippen LogP contribution in [0.25, 0.3) is 20.5 Å². The third-order valence-corrected chi connectivity index (χ3v) is 4.94. The second-order valence-electron chi connectivity index (χ2n) is 3.91. The Hall–Kier alpha value is -1.14. The van der Waals surface area contributed by atoms with Crippen molar-refractivity contribution in [3.05, 3.63) is 66.5 Å². The summed E-state index contributed by atoms with van der Waals surface area (Å²) in [7, 11) is 0. The normalized spacial score (nSPS) is 9.95. The van der Waals surface area contributed by atoms with Gasteiger partial charge in [0.25, 0.3) is 0 Å². The quantitative estimate of drug-likeness (QED) is 0.473. The van der Waals surface area contributed by atoms with Gasteiger partial charge in [0.05, 0.1) is 0 Å². The Kier molecular flexibility index (Phi) is 4.76. The van der Waals surface area contributed by atoms with E-state index in [4.69, 9.17) is 2.76 Å². The minimum atomic E-state index is -0.630. The molecular formula is C15H10ClFOTe. The Morgan fingerprint density at radius 3 is 2.21 bits per heavy atom. The van der Waals surface area contributed by atoms with Crippen molar-refractivity contribution < 1.29 is 19.6 Å². The van der Waals surface area contributed by atoms with Crippen molar-refractivity contribution in [1.29, 1.82) is 0 Å². The average Bonchev–Trinajstić information content (AvgIpc) is 2.90. The Bertz CT molecular complexity index is 649. The summed E-state index contributed by atoms with van der Waals surface area (Å²) in [6.45, 7) is 0. The maximum Gasteiger partial charge on any atom is -1.00 e. The minimum absolute atomic E-state index is 0. The number of hydrogen-bond donors (Lipinski definition) is 0. The van der Waals surface area contributed by atoms with Crippen molar-refractivity contribution in [2.75, 3.05) is 0 Å². The van der Waals surface area contributed by atoms with Gasteiger partial charge in [-0.15, -0.1) is 0 Å². The third-order valence-electron chi connectivity index (χ3n) is 2.67. The number of halogens is 2. The summed E-state index contributed by atoms with van der Waals surface area (Å²) >= 11 is -0.630. The van der Waals surface area contributed by atoms with Crippen molar-refractivity contribution in [3.63, 3.8) is 0 Å². The molecule has 0 aliphatic rings. The summed E-state index contributed by atoms with van der Waals surface area (Å²) in [5.74, 6) is 0.636. The molecule has 0 saturated carbocycles. The van der Waals surface area contributed by atoms with E-state index in [9.17, 15) is 4.39 Å². The molecule has 1 heterocycles. The fourth-order valence-electron chi connectivity index (χ4n) is 1.74. The van der Waals surface area contributed by atoms with Crippen molar-refractivity contribution in [1.82, 2.24) is 0 Å². The van der Waals surface area contributed by atoms with E-state index < -0.39 is 20.9 Å². The maximum atomic E-state index is 12.9. The first-order valence-electron chi connectivity index (χ1n) is 5.57. The zero-order valence-electron chi connectivity index (χ0n) is 9.85. The third kappa shape index (κ3) is 3.25.